The second-order valence-corrected chi connectivity index (χ2v) is 6.64. The van der Waals surface area contributed by atoms with Crippen molar-refractivity contribution in [3.63, 3.8) is 0 Å². The molecule has 0 bridgehead atoms. The highest BCUT2D eigenvalue weighted by Crippen LogP contribution is 2.43. The van der Waals surface area contributed by atoms with Crippen LogP contribution in [0.5, 0.6) is 11.5 Å². The molecule has 130 valence electrons. The molecule has 0 atom stereocenters. The summed E-state index contributed by atoms with van der Waals surface area (Å²) in [4.78, 5) is 11.1. The van der Waals surface area contributed by atoms with Gasteiger partial charge in [0, 0.05) is 46.2 Å². The Morgan fingerprint density at radius 3 is 2.89 bits per heavy atom. The second kappa shape index (κ2) is 5.38. The van der Waals surface area contributed by atoms with Crippen LogP contribution in [0.3, 0.4) is 0 Å². The summed E-state index contributed by atoms with van der Waals surface area (Å²) in [6.07, 6.45) is 5.84. The maximum atomic E-state index is 5.70. The maximum Gasteiger partial charge on any atom is 0.231 e. The normalized spacial score (nSPS) is 12.9. The van der Waals surface area contributed by atoms with Crippen LogP contribution < -0.4 is 9.47 Å². The molecule has 5 nitrogen and oxygen atoms in total. The summed E-state index contributed by atoms with van der Waals surface area (Å²) >= 11 is 0. The molecule has 6 rings (SSSR count). The maximum absolute atomic E-state index is 5.70. The molecule has 1 aliphatic heterocycles. The molecular formula is C22H15N3O2. The van der Waals surface area contributed by atoms with Crippen LogP contribution in [-0.4, -0.2) is 21.7 Å². The highest BCUT2D eigenvalue weighted by Gasteiger charge is 2.20. The third-order valence-corrected chi connectivity index (χ3v) is 5.10. The van der Waals surface area contributed by atoms with Crippen LogP contribution >= 0.6 is 0 Å². The topological polar surface area (TPSA) is 62.9 Å². The van der Waals surface area contributed by atoms with E-state index in [0.717, 1.165) is 50.3 Å². The molecular weight excluding hydrogens is 338 g/mol. The minimum Gasteiger partial charge on any atom is -0.454 e. The number of fused-ring (bicyclic) bond motifs is 3. The van der Waals surface area contributed by atoms with Crippen LogP contribution in [0.1, 0.15) is 0 Å². The monoisotopic (exact) mass is 353 g/mol. The van der Waals surface area contributed by atoms with Crippen molar-refractivity contribution in [1.29, 1.82) is 0 Å². The molecule has 1 aliphatic rings. The third-order valence-electron chi connectivity index (χ3n) is 5.10. The fraction of sp³-hybridized carbons (Fsp3) is 0.0455. The number of H-pyrrole nitrogens is 2. The van der Waals surface area contributed by atoms with Crippen molar-refractivity contribution in [2.75, 3.05) is 6.79 Å². The number of nitrogens with zero attached hydrogens (tertiary/aromatic N) is 1. The number of rotatable bonds is 2. The number of hydrogen-bond donors (Lipinski definition) is 2. The Balaban J connectivity index is 1.54. The van der Waals surface area contributed by atoms with Gasteiger partial charge in [0.2, 0.25) is 6.79 Å². The second-order valence-electron chi connectivity index (χ2n) is 6.64. The van der Waals surface area contributed by atoms with E-state index in [0.29, 0.717) is 0 Å². The molecule has 5 heteroatoms. The predicted octanol–water partition coefficient (Wildman–Crippen LogP) is 5.11. The molecule has 5 aromatic rings. The first-order valence-corrected chi connectivity index (χ1v) is 8.80. The molecule has 2 N–H and O–H groups in total. The van der Waals surface area contributed by atoms with Crippen LogP contribution in [0.25, 0.3) is 44.2 Å². The molecule has 0 amide bonds. The van der Waals surface area contributed by atoms with Gasteiger partial charge < -0.3 is 19.4 Å². The summed E-state index contributed by atoms with van der Waals surface area (Å²) in [5.41, 5.74) is 6.28. The van der Waals surface area contributed by atoms with Gasteiger partial charge >= 0.3 is 0 Å². The van der Waals surface area contributed by atoms with Gasteiger partial charge in [-0.3, -0.25) is 0 Å². The predicted molar refractivity (Wildman–Crippen MR) is 105 cm³/mol. The van der Waals surface area contributed by atoms with E-state index in [1.54, 1.807) is 0 Å². The number of benzene rings is 2. The van der Waals surface area contributed by atoms with Crippen molar-refractivity contribution < 1.29 is 9.47 Å². The zero-order valence-electron chi connectivity index (χ0n) is 14.3. The van der Waals surface area contributed by atoms with Crippen LogP contribution in [0, 0.1) is 0 Å². The first kappa shape index (κ1) is 14.4. The Kier molecular flexibility index (Phi) is 2.88. The number of nitrogens with one attached hydrogen (secondary N) is 2. The van der Waals surface area contributed by atoms with Gasteiger partial charge in [-0.15, -0.1) is 0 Å². The fourth-order valence-electron chi connectivity index (χ4n) is 3.76. The van der Waals surface area contributed by atoms with Crippen LogP contribution in [0.15, 0.2) is 67.1 Å². The lowest BCUT2D eigenvalue weighted by Gasteiger charge is -2.06. The molecule has 0 spiro atoms. The smallest absolute Gasteiger partial charge is 0.231 e. The Bertz CT molecular complexity index is 1320. The molecule has 0 radical (unpaired) electrons. The average molecular weight is 353 g/mol. The van der Waals surface area contributed by atoms with E-state index in [-0.39, 0.29) is 6.79 Å². The van der Waals surface area contributed by atoms with Crippen molar-refractivity contribution in [2.45, 2.75) is 0 Å². The highest BCUT2D eigenvalue weighted by atomic mass is 16.7. The van der Waals surface area contributed by atoms with Crippen molar-refractivity contribution in [3.8, 4) is 33.8 Å². The van der Waals surface area contributed by atoms with Gasteiger partial charge in [0.1, 0.15) is 5.65 Å². The molecule has 0 aliphatic carbocycles. The minimum absolute atomic E-state index is 0.259. The van der Waals surface area contributed by atoms with E-state index >= 15 is 0 Å². The molecule has 2 aromatic carbocycles. The van der Waals surface area contributed by atoms with Gasteiger partial charge in [-0.1, -0.05) is 18.2 Å². The van der Waals surface area contributed by atoms with Crippen LogP contribution in [-0.2, 0) is 0 Å². The number of para-hydroxylation sites is 1. The summed E-state index contributed by atoms with van der Waals surface area (Å²) < 4.78 is 11.2. The van der Waals surface area contributed by atoms with Gasteiger partial charge in [-0.2, -0.15) is 0 Å². The third kappa shape index (κ3) is 2.15. The largest absolute Gasteiger partial charge is 0.454 e. The van der Waals surface area contributed by atoms with Gasteiger partial charge in [0.25, 0.3) is 0 Å². The SMILES string of the molecule is c1cc2c(c(-c3c[nH]c4ncc(-c5ccc6[nH]ccc6c5)cc34)c1)OCO2. The Morgan fingerprint density at radius 2 is 1.89 bits per heavy atom. The molecule has 27 heavy (non-hydrogen) atoms. The van der Waals surface area contributed by atoms with Crippen LogP contribution in [0.4, 0.5) is 0 Å². The Morgan fingerprint density at radius 1 is 0.889 bits per heavy atom. The summed E-state index contributed by atoms with van der Waals surface area (Å²) in [5, 5.41) is 2.25. The summed E-state index contributed by atoms with van der Waals surface area (Å²) in [6.45, 7) is 0.259. The molecule has 0 unspecified atom stereocenters. The lowest BCUT2D eigenvalue weighted by atomic mass is 10.0. The molecule has 3 aromatic heterocycles. The van der Waals surface area contributed by atoms with E-state index in [2.05, 4.69) is 51.4 Å². The lowest BCUT2D eigenvalue weighted by molar-refractivity contribution is 0.174. The number of hydrogen-bond acceptors (Lipinski definition) is 3. The zero-order chi connectivity index (χ0) is 17.8. The summed E-state index contributed by atoms with van der Waals surface area (Å²) in [5.74, 6) is 1.57. The first-order chi connectivity index (χ1) is 13.4. The quantitative estimate of drug-likeness (QED) is 0.464. The zero-order valence-corrected chi connectivity index (χ0v) is 14.3. The van der Waals surface area contributed by atoms with Crippen LogP contribution in [0.2, 0.25) is 0 Å². The Labute approximate surface area is 154 Å². The Hall–Kier alpha value is -3.73. The average Bonchev–Trinajstić information content (AvgIpc) is 3.44. The van der Waals surface area contributed by atoms with Gasteiger partial charge in [0.15, 0.2) is 11.5 Å². The first-order valence-electron chi connectivity index (χ1n) is 8.80. The number of aromatic amines is 2. The summed E-state index contributed by atoms with van der Waals surface area (Å²) in [6, 6.07) is 16.6. The van der Waals surface area contributed by atoms with Crippen molar-refractivity contribution in [1.82, 2.24) is 15.0 Å². The van der Waals surface area contributed by atoms with Crippen molar-refractivity contribution in [2.24, 2.45) is 0 Å². The number of ether oxygens (including phenoxy) is 2. The van der Waals surface area contributed by atoms with Gasteiger partial charge in [0.05, 0.1) is 0 Å². The van der Waals surface area contributed by atoms with E-state index in [1.807, 2.05) is 30.7 Å². The van der Waals surface area contributed by atoms with Crippen molar-refractivity contribution >= 4 is 21.9 Å². The van der Waals surface area contributed by atoms with E-state index in [1.165, 1.54) is 5.39 Å². The highest BCUT2D eigenvalue weighted by molar-refractivity contribution is 5.98. The van der Waals surface area contributed by atoms with E-state index in [9.17, 15) is 0 Å². The van der Waals surface area contributed by atoms with Crippen molar-refractivity contribution in [3.05, 3.63) is 67.1 Å². The van der Waals surface area contributed by atoms with E-state index < -0.39 is 0 Å². The molecule has 0 saturated carbocycles. The molecule has 0 saturated heterocycles. The molecule has 0 fully saturated rings. The fourth-order valence-corrected chi connectivity index (χ4v) is 3.76. The van der Waals surface area contributed by atoms with E-state index in [4.69, 9.17) is 9.47 Å². The summed E-state index contributed by atoms with van der Waals surface area (Å²) in [7, 11) is 0. The lowest BCUT2D eigenvalue weighted by Crippen LogP contribution is -1.93. The molecule has 4 heterocycles. The number of aromatic nitrogens is 3. The minimum atomic E-state index is 0.259. The van der Waals surface area contributed by atoms with Gasteiger partial charge in [-0.05, 0) is 41.3 Å². The van der Waals surface area contributed by atoms with Gasteiger partial charge in [-0.25, -0.2) is 4.98 Å². The number of pyridine rings is 1. The standard InChI is InChI=1S/C22H15N3O2/c1-2-16(21-20(3-1)26-12-27-21)18-11-25-22-17(18)9-15(10-24-22)13-4-5-19-14(8-13)6-7-23-19/h1-11,23H,12H2,(H,24,25).